The number of amides is 15. The number of rotatable bonds is 69. The van der Waals surface area contributed by atoms with Crippen LogP contribution in [0.3, 0.4) is 0 Å². The number of Topliss-reactive ketones (excluding diaryl/α,β-unsaturated/α-hetero) is 4. The van der Waals surface area contributed by atoms with E-state index >= 15 is 14.4 Å². The lowest BCUT2D eigenvalue weighted by Gasteiger charge is -2.39. The molecule has 0 aliphatic carbocycles. The molecule has 36 nitrogen and oxygen atoms in total. The van der Waals surface area contributed by atoms with Crippen molar-refractivity contribution in [2.24, 2.45) is 0 Å². The normalized spacial score (nSPS) is 12.5. The molecule has 57 heteroatoms. The SMILES string of the molecule is C#CCCCCC(=O)NC(CCC(=O)NC(CCC(=O)NC)(CCC(=O)NC)CCC(=O)NCCNC(=O)C(F)(F)F)(CCC(=O)NC(CCC(=O)CCCNC(=O)C(F)(F)F)(CCC(=O)NCCNC(=O)C(F)(F)F)CCC(=O)NCCNC(=O)C(F)(F)F)CCC(=O)OC(CCC(=O)CCCNC(=O)C(F)(F)F)(CCC(=O)NCCCC(=O)C(F)(F)F)CCC(=O)NCCCC(=O)C(F)(F)F. The van der Waals surface area contributed by atoms with Gasteiger partial charge in [0.1, 0.15) is 17.2 Å². The Bertz CT molecular complexity index is 3680. The molecular formula is C81H114F21N15O21. The van der Waals surface area contributed by atoms with Crippen molar-refractivity contribution in [2.75, 3.05) is 79.5 Å². The lowest BCUT2D eigenvalue weighted by molar-refractivity contribution is -0.173. The van der Waals surface area contributed by atoms with Crippen molar-refractivity contribution in [1.29, 1.82) is 0 Å². The van der Waals surface area contributed by atoms with Gasteiger partial charge < -0.3 is 84.5 Å². The molecular weight excluding hydrogens is 1920 g/mol. The van der Waals surface area contributed by atoms with Crippen molar-refractivity contribution in [2.45, 2.75) is 297 Å². The first-order chi connectivity index (χ1) is 63.8. The van der Waals surface area contributed by atoms with Gasteiger partial charge in [0.25, 0.3) is 0 Å². The third-order valence-electron chi connectivity index (χ3n) is 20.8. The third kappa shape index (κ3) is 57.5. The summed E-state index contributed by atoms with van der Waals surface area (Å²) >= 11 is 0. The van der Waals surface area contributed by atoms with E-state index in [0.717, 1.165) is 0 Å². The van der Waals surface area contributed by atoms with Gasteiger partial charge in [-0.2, -0.15) is 92.2 Å². The lowest BCUT2D eigenvalue weighted by atomic mass is 9.80. The van der Waals surface area contributed by atoms with Gasteiger partial charge in [-0.15, -0.1) is 12.3 Å². The lowest BCUT2D eigenvalue weighted by Crippen LogP contribution is -2.54. The van der Waals surface area contributed by atoms with Crippen LogP contribution in [0.1, 0.15) is 231 Å². The second-order valence-corrected chi connectivity index (χ2v) is 31.8. The molecule has 138 heavy (non-hydrogen) atoms. The van der Waals surface area contributed by atoms with Crippen molar-refractivity contribution in [3.8, 4) is 12.3 Å². The molecule has 0 bridgehead atoms. The van der Waals surface area contributed by atoms with Crippen LogP contribution in [0.25, 0.3) is 0 Å². The van der Waals surface area contributed by atoms with E-state index in [-0.39, 0.29) is 19.3 Å². The van der Waals surface area contributed by atoms with E-state index < -0.39 is 460 Å². The number of ether oxygens (including phenoxy) is 1. The summed E-state index contributed by atoms with van der Waals surface area (Å²) in [6.45, 7) is -7.72. The van der Waals surface area contributed by atoms with E-state index in [4.69, 9.17) is 11.2 Å². The smallest absolute Gasteiger partial charge is 0.459 e. The van der Waals surface area contributed by atoms with E-state index in [1.165, 1.54) is 40.7 Å². The molecule has 0 heterocycles. The van der Waals surface area contributed by atoms with Gasteiger partial charge in [-0.05, 0) is 116 Å². The van der Waals surface area contributed by atoms with Crippen LogP contribution < -0.4 is 79.8 Å². The highest BCUT2D eigenvalue weighted by atomic mass is 19.4. The Kier molecular flexibility index (Phi) is 56.4. The van der Waals surface area contributed by atoms with E-state index in [2.05, 4.69) is 59.1 Å². The number of hydrogen-bond donors (Lipinski definition) is 15. The summed E-state index contributed by atoms with van der Waals surface area (Å²) < 4.78 is 281. The summed E-state index contributed by atoms with van der Waals surface area (Å²) in [5, 5.41) is 31.0. The number of alkyl halides is 21. The molecule has 0 aliphatic heterocycles. The van der Waals surface area contributed by atoms with E-state index in [9.17, 15) is 174 Å². The minimum Gasteiger partial charge on any atom is -0.459 e. The standard InChI is InChI=1S/C81H114F21N15O21/c1-4-5-6-7-16-62(129)115-73(36-25-64(131)117-72(30-19-55(122)103-2,31-20-56(123)104-3)34-23-59(126)109-47-50-114-70(137)81(100,101)102,35-24-63(130)116-71(29-17-51(118)12-8-43-110-66(133)77(88,89)90,32-21-57(124)107-45-48-112-68(135)79(94,95)96)33-22-58(125)108-46-49-113-69(136)80(97,98)99)37-28-65(132)138-74(38-18-52(119)13-9-44-111-67(134)78(91,92)93,39-26-60(127)105-41-10-14-53(120)75(82,83)84)40-27-61(128)106-42-11-15-54(121)76(85,86)87/h1H,5-50H2,2-3H3,(H,103,122)(H,104,123)(H,105,127)(H,106,128)(H,107,124)(H,108,125)(H,109,126)(H,110,133)(H,111,134)(H,112,135)(H,113,136)(H,114,137)(H,115,129)(H,116,130)(H,117,131). The maximum absolute atomic E-state index is 15.4. The monoisotopic (exact) mass is 2030 g/mol. The van der Waals surface area contributed by atoms with Crippen LogP contribution >= 0.6 is 0 Å². The zero-order valence-electron chi connectivity index (χ0n) is 75.1. The van der Waals surface area contributed by atoms with Crippen molar-refractivity contribution < 1.29 is 193 Å². The van der Waals surface area contributed by atoms with Crippen LogP contribution in [0.5, 0.6) is 0 Å². The molecule has 0 aliphatic rings. The topological polar surface area (TPSA) is 531 Å². The number of nitrogens with one attached hydrogen (secondary N) is 15. The number of terminal acetylenes is 1. The first kappa shape index (κ1) is 126. The van der Waals surface area contributed by atoms with Gasteiger partial charge in [-0.1, -0.05) is 0 Å². The number of hydrogen-bond acceptors (Lipinski definition) is 21. The summed E-state index contributed by atoms with van der Waals surface area (Å²) in [5.74, 6) is -28.1. The average molecular weight is 2030 g/mol. The largest absolute Gasteiger partial charge is 0.471 e. The molecule has 15 amide bonds. The molecule has 15 N–H and O–H groups in total. The number of carbonyl (C=O) groups excluding carboxylic acids is 20. The molecule has 0 aromatic rings. The van der Waals surface area contributed by atoms with Crippen molar-refractivity contribution in [3.63, 3.8) is 0 Å². The van der Waals surface area contributed by atoms with Crippen LogP contribution in [0.2, 0.25) is 0 Å². The number of halogens is 21. The number of esters is 1. The Balaban J connectivity index is 9.49. The van der Waals surface area contributed by atoms with Gasteiger partial charge in [-0.25, -0.2) is 0 Å². The van der Waals surface area contributed by atoms with Gasteiger partial charge in [0.2, 0.25) is 70.6 Å². The molecule has 0 fully saturated rings. The first-order valence-corrected chi connectivity index (χ1v) is 43.1. The summed E-state index contributed by atoms with van der Waals surface area (Å²) in [5.41, 5.74) is -8.92. The summed E-state index contributed by atoms with van der Waals surface area (Å²) in [6, 6.07) is 0. The fraction of sp³-hybridized carbons (Fsp3) is 0.728. The van der Waals surface area contributed by atoms with E-state index in [0.29, 0.717) is 0 Å². The zero-order chi connectivity index (χ0) is 106. The zero-order valence-corrected chi connectivity index (χ0v) is 75.1. The Morgan fingerprint density at radius 2 is 0.457 bits per heavy atom. The predicted octanol–water partition coefficient (Wildman–Crippen LogP) is 5.38. The molecule has 1 atom stereocenters. The molecule has 786 valence electrons. The molecule has 1 unspecified atom stereocenters. The van der Waals surface area contributed by atoms with Gasteiger partial charge in [0.05, 0.1) is 0 Å². The molecule has 0 saturated carbocycles. The van der Waals surface area contributed by atoms with Crippen LogP contribution in [0.4, 0.5) is 92.2 Å². The minimum absolute atomic E-state index is 0.00793. The second-order valence-electron chi connectivity index (χ2n) is 31.8. The van der Waals surface area contributed by atoms with Gasteiger partial charge in [0, 0.05) is 212 Å². The highest BCUT2D eigenvalue weighted by Crippen LogP contribution is 2.36. The third-order valence-corrected chi connectivity index (χ3v) is 20.8. The van der Waals surface area contributed by atoms with Crippen LogP contribution in [-0.2, 0) is 101 Å². The Morgan fingerprint density at radius 3 is 0.746 bits per heavy atom. The van der Waals surface area contributed by atoms with Crippen LogP contribution in [0.15, 0.2) is 0 Å². The minimum atomic E-state index is -5.43. The molecule has 0 aromatic heterocycles. The van der Waals surface area contributed by atoms with Gasteiger partial charge in [0.15, 0.2) is 0 Å². The highest BCUT2D eigenvalue weighted by molar-refractivity contribution is 5.88. The molecule has 0 spiro atoms. The molecule has 0 aromatic carbocycles. The molecule has 0 rings (SSSR count). The quantitative estimate of drug-likeness (QED) is 0.0157. The van der Waals surface area contributed by atoms with Crippen molar-refractivity contribution in [3.05, 3.63) is 0 Å². The summed E-state index contributed by atoms with van der Waals surface area (Å²) in [6.07, 6.45) is -58.3. The van der Waals surface area contributed by atoms with E-state index in [1.807, 2.05) is 0 Å². The summed E-state index contributed by atoms with van der Waals surface area (Å²) in [7, 11) is 2.36. The molecule has 0 saturated heterocycles. The first-order valence-electron chi connectivity index (χ1n) is 43.1. The van der Waals surface area contributed by atoms with Crippen LogP contribution in [-0.4, -0.2) is 263 Å². The van der Waals surface area contributed by atoms with Crippen LogP contribution in [0, 0.1) is 12.3 Å². The Hall–Kier alpha value is -11.7. The number of ketones is 4. The highest BCUT2D eigenvalue weighted by Gasteiger charge is 2.46. The Morgan fingerprint density at radius 1 is 0.232 bits per heavy atom. The Labute approximate surface area is 776 Å². The summed E-state index contributed by atoms with van der Waals surface area (Å²) in [4.78, 5) is 264. The maximum atomic E-state index is 15.4. The van der Waals surface area contributed by atoms with Crippen molar-refractivity contribution >= 4 is 118 Å². The van der Waals surface area contributed by atoms with Crippen molar-refractivity contribution in [1.82, 2.24) is 79.8 Å². The maximum Gasteiger partial charge on any atom is 0.471 e. The molecule has 0 radical (unpaired) electrons. The van der Waals surface area contributed by atoms with E-state index in [1.54, 1.807) is 0 Å². The average Bonchev–Trinajstić information content (AvgIpc) is 0.820. The number of carbonyl (C=O) groups is 20. The predicted molar refractivity (Wildman–Crippen MR) is 437 cm³/mol. The second kappa shape index (κ2) is 61.6. The fourth-order valence-corrected chi connectivity index (χ4v) is 13.1. The van der Waals surface area contributed by atoms with Gasteiger partial charge >= 0.3 is 78.7 Å². The number of unbranched alkanes of at least 4 members (excludes halogenated alkanes) is 2. The fourth-order valence-electron chi connectivity index (χ4n) is 13.1. The van der Waals surface area contributed by atoms with Gasteiger partial charge in [-0.3, -0.25) is 95.9 Å².